The third-order valence-corrected chi connectivity index (χ3v) is 2.09. The highest BCUT2D eigenvalue weighted by Gasteiger charge is 2.04. The first-order valence-corrected chi connectivity index (χ1v) is 4.97. The molecule has 2 aromatic rings. The summed E-state index contributed by atoms with van der Waals surface area (Å²) in [6.07, 6.45) is 3.02. The van der Waals surface area contributed by atoms with Crippen molar-refractivity contribution in [1.82, 2.24) is 9.78 Å². The van der Waals surface area contributed by atoms with E-state index in [2.05, 4.69) is 10.4 Å². The molecule has 7 heteroatoms. The minimum Gasteiger partial charge on any atom is -0.396 e. The molecule has 96 valence electrons. The lowest BCUT2D eigenvalue weighted by Crippen LogP contribution is -2.18. The Kier molecular flexibility index (Phi) is 4.67. The van der Waals surface area contributed by atoms with Gasteiger partial charge >= 0.3 is 0 Å². The van der Waals surface area contributed by atoms with E-state index < -0.39 is 0 Å². The van der Waals surface area contributed by atoms with Crippen LogP contribution in [0.3, 0.4) is 0 Å². The Bertz CT molecular complexity index is 526. The van der Waals surface area contributed by atoms with E-state index in [0.29, 0.717) is 11.4 Å². The van der Waals surface area contributed by atoms with Gasteiger partial charge in [-0.05, 0) is 24.3 Å². The third-order valence-electron chi connectivity index (χ3n) is 2.09. The van der Waals surface area contributed by atoms with Gasteiger partial charge in [0.15, 0.2) is 0 Å². The second-order valence-corrected chi connectivity index (χ2v) is 3.53. The van der Waals surface area contributed by atoms with Crippen molar-refractivity contribution in [3.8, 4) is 0 Å². The van der Waals surface area contributed by atoms with Crippen molar-refractivity contribution in [2.24, 2.45) is 0 Å². The Balaban J connectivity index is 0.00000162. The van der Waals surface area contributed by atoms with Crippen LogP contribution in [-0.2, 0) is 11.3 Å². The summed E-state index contributed by atoms with van der Waals surface area (Å²) >= 11 is 0. The van der Waals surface area contributed by atoms with Crippen molar-refractivity contribution >= 4 is 29.7 Å². The third kappa shape index (κ3) is 3.74. The Morgan fingerprint density at radius 1 is 1.39 bits per heavy atom. The molecule has 0 radical (unpaired) electrons. The maximum atomic E-state index is 12.6. The van der Waals surface area contributed by atoms with Crippen LogP contribution >= 0.6 is 12.4 Å². The molecule has 0 aliphatic rings. The van der Waals surface area contributed by atoms with Gasteiger partial charge in [0.1, 0.15) is 12.4 Å². The summed E-state index contributed by atoms with van der Waals surface area (Å²) in [7, 11) is 0. The fourth-order valence-corrected chi connectivity index (χ4v) is 1.35. The Morgan fingerprint density at radius 3 is 2.61 bits per heavy atom. The van der Waals surface area contributed by atoms with Crippen molar-refractivity contribution in [1.29, 1.82) is 0 Å². The number of halogens is 2. The van der Waals surface area contributed by atoms with Crippen LogP contribution in [-0.4, -0.2) is 15.7 Å². The number of hydrogen-bond acceptors (Lipinski definition) is 3. The summed E-state index contributed by atoms with van der Waals surface area (Å²) in [5.74, 6) is -0.595. The lowest BCUT2D eigenvalue weighted by atomic mass is 10.3. The largest absolute Gasteiger partial charge is 0.396 e. The average molecular weight is 271 g/mol. The van der Waals surface area contributed by atoms with Gasteiger partial charge in [0.2, 0.25) is 5.91 Å². The molecule has 1 heterocycles. The lowest BCUT2D eigenvalue weighted by molar-refractivity contribution is -0.116. The molecule has 0 fully saturated rings. The highest BCUT2D eigenvalue weighted by atomic mass is 35.5. The van der Waals surface area contributed by atoms with Gasteiger partial charge in [0, 0.05) is 11.9 Å². The van der Waals surface area contributed by atoms with Crippen LogP contribution < -0.4 is 11.1 Å². The molecule has 0 saturated heterocycles. The van der Waals surface area contributed by atoms with E-state index in [0.717, 1.165) is 0 Å². The second kappa shape index (κ2) is 6.02. The van der Waals surface area contributed by atoms with Gasteiger partial charge in [-0.15, -0.1) is 12.4 Å². The van der Waals surface area contributed by atoms with Gasteiger partial charge in [-0.2, -0.15) is 5.10 Å². The number of nitrogens with two attached hydrogens (primary N) is 1. The molecule has 2 rings (SSSR count). The van der Waals surface area contributed by atoms with E-state index in [1.807, 2.05) is 0 Å². The molecule has 0 bridgehead atoms. The zero-order valence-electron chi connectivity index (χ0n) is 9.34. The number of nitrogens with zero attached hydrogens (tertiary/aromatic N) is 2. The maximum Gasteiger partial charge on any atom is 0.246 e. The molecule has 0 atom stereocenters. The molecule has 0 spiro atoms. The molecular formula is C11H12ClFN4O. The van der Waals surface area contributed by atoms with Crippen molar-refractivity contribution < 1.29 is 9.18 Å². The number of nitrogen functional groups attached to an aromatic ring is 1. The molecule has 5 nitrogen and oxygen atoms in total. The monoisotopic (exact) mass is 270 g/mol. The zero-order chi connectivity index (χ0) is 12.3. The van der Waals surface area contributed by atoms with Crippen molar-refractivity contribution in [3.63, 3.8) is 0 Å². The topological polar surface area (TPSA) is 72.9 Å². The number of carbonyl (C=O) groups excluding carboxylic acids is 1. The highest BCUT2D eigenvalue weighted by molar-refractivity contribution is 5.90. The number of amides is 1. The van der Waals surface area contributed by atoms with Gasteiger partial charge in [0.05, 0.1) is 11.9 Å². The first kappa shape index (κ1) is 14.0. The molecule has 1 aromatic carbocycles. The Morgan fingerprint density at radius 2 is 2.06 bits per heavy atom. The number of rotatable bonds is 3. The summed E-state index contributed by atoms with van der Waals surface area (Å²) in [5, 5.41) is 6.50. The van der Waals surface area contributed by atoms with Crippen molar-refractivity contribution in [2.75, 3.05) is 11.1 Å². The molecule has 0 unspecified atom stereocenters. The average Bonchev–Trinajstić information content (AvgIpc) is 2.67. The molecule has 0 aliphatic carbocycles. The normalized spacial score (nSPS) is 9.61. The minimum absolute atomic E-state index is 0. The number of anilines is 2. The molecule has 0 saturated carbocycles. The molecule has 3 N–H and O–H groups in total. The molecule has 1 amide bonds. The summed E-state index contributed by atoms with van der Waals surface area (Å²) in [4.78, 5) is 11.6. The predicted molar refractivity (Wildman–Crippen MR) is 68.9 cm³/mol. The second-order valence-electron chi connectivity index (χ2n) is 3.53. The number of aromatic nitrogens is 2. The van der Waals surface area contributed by atoms with Crippen LogP contribution in [0.15, 0.2) is 36.7 Å². The van der Waals surface area contributed by atoms with Gasteiger partial charge in [-0.3, -0.25) is 9.48 Å². The zero-order valence-corrected chi connectivity index (χ0v) is 10.2. The van der Waals surface area contributed by atoms with Gasteiger partial charge < -0.3 is 11.1 Å². The van der Waals surface area contributed by atoms with Crippen LogP contribution in [0.1, 0.15) is 0 Å². The summed E-state index contributed by atoms with van der Waals surface area (Å²) in [6, 6.07) is 5.54. The van der Waals surface area contributed by atoms with Gasteiger partial charge in [-0.1, -0.05) is 0 Å². The van der Waals surface area contributed by atoms with Crippen LogP contribution in [0.2, 0.25) is 0 Å². The smallest absolute Gasteiger partial charge is 0.246 e. The van der Waals surface area contributed by atoms with E-state index in [1.165, 1.54) is 35.1 Å². The van der Waals surface area contributed by atoms with Crippen molar-refractivity contribution in [2.45, 2.75) is 6.54 Å². The van der Waals surface area contributed by atoms with Crippen LogP contribution in [0, 0.1) is 5.82 Å². The first-order valence-electron chi connectivity index (χ1n) is 4.97. The van der Waals surface area contributed by atoms with Crippen LogP contribution in [0.25, 0.3) is 0 Å². The SMILES string of the molecule is Cl.Nc1cnn(CC(=O)Nc2ccc(F)cc2)c1. The van der Waals surface area contributed by atoms with Gasteiger partial charge in [0.25, 0.3) is 0 Å². The van der Waals surface area contributed by atoms with Crippen molar-refractivity contribution in [3.05, 3.63) is 42.5 Å². The van der Waals surface area contributed by atoms with Crippen LogP contribution in [0.5, 0.6) is 0 Å². The first-order chi connectivity index (χ1) is 8.13. The Labute approximate surface area is 109 Å². The number of hydrogen-bond donors (Lipinski definition) is 2. The molecular weight excluding hydrogens is 259 g/mol. The van der Waals surface area contributed by atoms with Gasteiger partial charge in [-0.25, -0.2) is 4.39 Å². The molecule has 1 aromatic heterocycles. The fraction of sp³-hybridized carbons (Fsp3) is 0.0909. The number of benzene rings is 1. The predicted octanol–water partition coefficient (Wildman–Crippen LogP) is 1.66. The summed E-state index contributed by atoms with van der Waals surface area (Å²) < 4.78 is 14.1. The molecule has 18 heavy (non-hydrogen) atoms. The number of carbonyl (C=O) groups is 1. The summed E-state index contributed by atoms with van der Waals surface area (Å²) in [6.45, 7) is 0.0641. The van der Waals surface area contributed by atoms with E-state index in [4.69, 9.17) is 5.73 Å². The van der Waals surface area contributed by atoms with E-state index in [9.17, 15) is 9.18 Å². The quantitative estimate of drug-likeness (QED) is 0.891. The molecule has 0 aliphatic heterocycles. The van der Waals surface area contributed by atoms with E-state index >= 15 is 0 Å². The highest BCUT2D eigenvalue weighted by Crippen LogP contribution is 2.08. The summed E-state index contributed by atoms with van der Waals surface area (Å²) in [5.41, 5.74) is 6.50. The van der Waals surface area contributed by atoms with E-state index in [-0.39, 0.29) is 30.7 Å². The van der Waals surface area contributed by atoms with E-state index in [1.54, 1.807) is 6.20 Å². The standard InChI is InChI=1S/C11H11FN4O.ClH/c12-8-1-3-10(4-2-8)15-11(17)7-16-6-9(13)5-14-16;/h1-6H,7,13H2,(H,15,17);1H. The lowest BCUT2D eigenvalue weighted by Gasteiger charge is -2.04. The Hall–Kier alpha value is -2.08. The van der Waals surface area contributed by atoms with Crippen LogP contribution in [0.4, 0.5) is 15.8 Å². The maximum absolute atomic E-state index is 12.6. The number of nitrogens with one attached hydrogen (secondary N) is 1. The minimum atomic E-state index is -0.345. The fourth-order valence-electron chi connectivity index (χ4n) is 1.35.